The second kappa shape index (κ2) is 5.55. The maximum atomic E-state index is 12.3. The summed E-state index contributed by atoms with van der Waals surface area (Å²) in [5, 5.41) is 0. The second-order valence-electron chi connectivity index (χ2n) is 4.54. The summed E-state index contributed by atoms with van der Waals surface area (Å²) in [6.45, 7) is 1.93. The van der Waals surface area contributed by atoms with Crippen molar-refractivity contribution in [3.05, 3.63) is 40.4 Å². The van der Waals surface area contributed by atoms with E-state index in [1.807, 2.05) is 19.1 Å². The van der Waals surface area contributed by atoms with Crippen molar-refractivity contribution in [3.8, 4) is 0 Å². The molecule has 0 fully saturated rings. The molecule has 0 aromatic heterocycles. The Morgan fingerprint density at radius 3 is 2.72 bits per heavy atom. The maximum absolute atomic E-state index is 12.3. The third-order valence-electron chi connectivity index (χ3n) is 2.97. The summed E-state index contributed by atoms with van der Waals surface area (Å²) in [4.78, 5) is 0.308. The highest BCUT2D eigenvalue weighted by Gasteiger charge is 2.22. The fraction of sp³-hybridized carbons (Fsp3) is 0.385. The van der Waals surface area contributed by atoms with Crippen molar-refractivity contribution < 1.29 is 8.42 Å². The molecule has 0 amide bonds. The fourth-order valence-corrected chi connectivity index (χ4v) is 4.48. The molecule has 1 aliphatic rings. The summed E-state index contributed by atoms with van der Waals surface area (Å²) in [6.07, 6.45) is 6.68. The molecule has 0 radical (unpaired) electrons. The van der Waals surface area contributed by atoms with Crippen LogP contribution in [0.4, 0.5) is 0 Å². The van der Waals surface area contributed by atoms with E-state index in [9.17, 15) is 8.42 Å². The van der Waals surface area contributed by atoms with Gasteiger partial charge in [0.1, 0.15) is 0 Å². The molecule has 1 N–H and O–H groups in total. The van der Waals surface area contributed by atoms with E-state index >= 15 is 0 Å². The summed E-state index contributed by atoms with van der Waals surface area (Å²) in [5.74, 6) is 0. The van der Waals surface area contributed by atoms with Gasteiger partial charge in [0.25, 0.3) is 0 Å². The highest BCUT2D eigenvalue weighted by atomic mass is 79.9. The molecule has 0 heterocycles. The van der Waals surface area contributed by atoms with Crippen LogP contribution in [0.5, 0.6) is 0 Å². The van der Waals surface area contributed by atoms with Crippen LogP contribution < -0.4 is 4.72 Å². The Balaban J connectivity index is 2.22. The number of benzene rings is 1. The number of nitrogens with one attached hydrogen (secondary N) is 1. The second-order valence-corrected chi connectivity index (χ2v) is 7.07. The Labute approximate surface area is 116 Å². The van der Waals surface area contributed by atoms with E-state index in [1.54, 1.807) is 12.1 Å². The summed E-state index contributed by atoms with van der Waals surface area (Å²) in [6, 6.07) is 5.27. The van der Waals surface area contributed by atoms with Gasteiger partial charge in [-0.25, -0.2) is 13.1 Å². The van der Waals surface area contributed by atoms with Crippen molar-refractivity contribution in [2.75, 3.05) is 0 Å². The van der Waals surface area contributed by atoms with E-state index in [4.69, 9.17) is 0 Å². The molecule has 1 atom stereocenters. The molecule has 3 nitrogen and oxygen atoms in total. The average molecular weight is 330 g/mol. The minimum absolute atomic E-state index is 0.00760. The lowest BCUT2D eigenvalue weighted by Gasteiger charge is -2.19. The van der Waals surface area contributed by atoms with Gasteiger partial charge in [-0.1, -0.05) is 18.2 Å². The zero-order valence-electron chi connectivity index (χ0n) is 10.2. The molecule has 1 unspecified atom stereocenters. The van der Waals surface area contributed by atoms with Crippen molar-refractivity contribution in [1.82, 2.24) is 4.72 Å². The Hall–Kier alpha value is -0.650. The highest BCUT2D eigenvalue weighted by Crippen LogP contribution is 2.24. The van der Waals surface area contributed by atoms with Gasteiger partial charge in [0.2, 0.25) is 10.0 Å². The van der Waals surface area contributed by atoms with Gasteiger partial charge in [0.15, 0.2) is 0 Å². The molecular formula is C13H16BrNO2S. The predicted octanol–water partition coefficient (Wildman–Crippen LogP) is 3.14. The normalized spacial score (nSPS) is 20.0. The van der Waals surface area contributed by atoms with Crippen molar-refractivity contribution in [2.24, 2.45) is 0 Å². The summed E-state index contributed by atoms with van der Waals surface area (Å²) < 4.78 is 27.9. The monoisotopic (exact) mass is 329 g/mol. The SMILES string of the molecule is Cc1ccc(S(=O)(=O)NC2CC=CCC2)c(Br)c1. The number of rotatable bonds is 3. The minimum Gasteiger partial charge on any atom is -0.208 e. The first-order valence-electron chi connectivity index (χ1n) is 5.92. The molecule has 18 heavy (non-hydrogen) atoms. The van der Waals surface area contributed by atoms with Crippen molar-refractivity contribution in [2.45, 2.75) is 37.1 Å². The fourth-order valence-electron chi connectivity index (χ4n) is 2.01. The molecule has 0 saturated heterocycles. The molecule has 1 aliphatic carbocycles. The number of aryl methyl sites for hydroxylation is 1. The molecule has 2 rings (SSSR count). The van der Waals surface area contributed by atoms with Gasteiger partial charge in [-0.2, -0.15) is 0 Å². The van der Waals surface area contributed by atoms with E-state index in [0.717, 1.165) is 24.8 Å². The van der Waals surface area contributed by atoms with Crippen molar-refractivity contribution >= 4 is 26.0 Å². The zero-order valence-corrected chi connectivity index (χ0v) is 12.6. The number of hydrogen-bond donors (Lipinski definition) is 1. The largest absolute Gasteiger partial charge is 0.241 e. The number of allylic oxidation sites excluding steroid dienone is 1. The van der Waals surface area contributed by atoms with Crippen LogP contribution in [0.15, 0.2) is 39.7 Å². The summed E-state index contributed by atoms with van der Waals surface area (Å²) in [5.41, 5.74) is 1.03. The van der Waals surface area contributed by atoms with E-state index in [0.29, 0.717) is 9.37 Å². The lowest BCUT2D eigenvalue weighted by molar-refractivity contribution is 0.522. The molecule has 0 saturated carbocycles. The molecule has 1 aromatic rings. The first kappa shape index (κ1) is 13.8. The van der Waals surface area contributed by atoms with Crippen LogP contribution in [0.1, 0.15) is 24.8 Å². The standard InChI is InChI=1S/C13H16BrNO2S/c1-10-7-8-13(12(14)9-10)18(16,17)15-11-5-3-2-4-6-11/h2-3,7-9,11,15H,4-6H2,1H3. The Kier molecular flexibility index (Phi) is 4.25. The van der Waals surface area contributed by atoms with Crippen LogP contribution in [0.2, 0.25) is 0 Å². The van der Waals surface area contributed by atoms with Gasteiger partial charge in [0.05, 0.1) is 4.90 Å². The zero-order chi connectivity index (χ0) is 13.2. The average Bonchev–Trinajstić information content (AvgIpc) is 2.29. The number of sulfonamides is 1. The first-order chi connectivity index (χ1) is 8.49. The van der Waals surface area contributed by atoms with Crippen LogP contribution in [0.3, 0.4) is 0 Å². The minimum atomic E-state index is -3.44. The first-order valence-corrected chi connectivity index (χ1v) is 8.20. The van der Waals surface area contributed by atoms with Gasteiger partial charge in [-0.15, -0.1) is 0 Å². The van der Waals surface area contributed by atoms with Gasteiger partial charge < -0.3 is 0 Å². The van der Waals surface area contributed by atoms with Gasteiger partial charge in [0, 0.05) is 10.5 Å². The maximum Gasteiger partial charge on any atom is 0.241 e. The molecule has 98 valence electrons. The van der Waals surface area contributed by atoms with E-state index < -0.39 is 10.0 Å². The number of hydrogen-bond acceptors (Lipinski definition) is 2. The predicted molar refractivity (Wildman–Crippen MR) is 76.0 cm³/mol. The molecular weight excluding hydrogens is 314 g/mol. The molecule has 1 aromatic carbocycles. The Bertz CT molecular complexity index is 566. The Morgan fingerprint density at radius 2 is 2.11 bits per heavy atom. The van der Waals surface area contributed by atoms with E-state index in [1.165, 1.54) is 0 Å². The lowest BCUT2D eigenvalue weighted by Crippen LogP contribution is -2.35. The number of halogens is 1. The third-order valence-corrected chi connectivity index (χ3v) is 5.46. The van der Waals surface area contributed by atoms with Gasteiger partial charge in [-0.3, -0.25) is 0 Å². The van der Waals surface area contributed by atoms with Crippen LogP contribution in [0, 0.1) is 6.92 Å². The van der Waals surface area contributed by atoms with Crippen molar-refractivity contribution in [3.63, 3.8) is 0 Å². The van der Waals surface area contributed by atoms with E-state index in [2.05, 4.69) is 26.7 Å². The molecule has 0 bridgehead atoms. The quantitative estimate of drug-likeness (QED) is 0.866. The van der Waals surface area contributed by atoms with Crippen LogP contribution in [-0.4, -0.2) is 14.5 Å². The van der Waals surface area contributed by atoms with Crippen LogP contribution in [-0.2, 0) is 10.0 Å². The summed E-state index contributed by atoms with van der Waals surface area (Å²) in [7, 11) is -3.44. The summed E-state index contributed by atoms with van der Waals surface area (Å²) >= 11 is 3.31. The van der Waals surface area contributed by atoms with Crippen molar-refractivity contribution in [1.29, 1.82) is 0 Å². The third kappa shape index (κ3) is 3.22. The lowest BCUT2D eigenvalue weighted by atomic mass is 10.0. The van der Waals surface area contributed by atoms with Gasteiger partial charge >= 0.3 is 0 Å². The smallest absolute Gasteiger partial charge is 0.208 e. The molecule has 0 spiro atoms. The van der Waals surface area contributed by atoms with E-state index in [-0.39, 0.29) is 6.04 Å². The Morgan fingerprint density at radius 1 is 1.33 bits per heavy atom. The topological polar surface area (TPSA) is 46.2 Å². The van der Waals surface area contributed by atoms with Crippen LogP contribution >= 0.6 is 15.9 Å². The highest BCUT2D eigenvalue weighted by molar-refractivity contribution is 9.10. The van der Waals surface area contributed by atoms with Gasteiger partial charge in [-0.05, 0) is 59.8 Å². The molecule has 0 aliphatic heterocycles. The molecule has 5 heteroatoms. The van der Waals surface area contributed by atoms with Crippen LogP contribution in [0.25, 0.3) is 0 Å².